The molecule has 0 N–H and O–H groups in total. The average Bonchev–Trinajstić information content (AvgIpc) is 2.81. The third-order valence-electron chi connectivity index (χ3n) is 2.53. The molecule has 0 aliphatic rings. The standard InChI is InChI=1S/C14H8ClNOS2/c15-10-7-5-9(6-8-10)13(17)19-14-16-11-3-1-2-4-12(11)18-14/h1-8H. The summed E-state index contributed by atoms with van der Waals surface area (Å²) in [5.41, 5.74) is 1.56. The summed E-state index contributed by atoms with van der Waals surface area (Å²) in [5, 5.41) is 0.609. The highest BCUT2D eigenvalue weighted by molar-refractivity contribution is 8.15. The number of carbonyl (C=O) groups excluding carboxylic acids is 1. The predicted octanol–water partition coefficient (Wildman–Crippen LogP) is 4.88. The lowest BCUT2D eigenvalue weighted by Crippen LogP contribution is -1.91. The van der Waals surface area contributed by atoms with Gasteiger partial charge >= 0.3 is 0 Å². The number of para-hydroxylation sites is 1. The van der Waals surface area contributed by atoms with Crippen LogP contribution < -0.4 is 0 Å². The van der Waals surface area contributed by atoms with Gasteiger partial charge in [0.05, 0.1) is 10.2 Å². The Bertz CT molecular complexity index is 704. The van der Waals surface area contributed by atoms with E-state index in [1.54, 1.807) is 24.3 Å². The number of aromatic nitrogens is 1. The summed E-state index contributed by atoms with van der Waals surface area (Å²) in [4.78, 5) is 16.5. The Morgan fingerprint density at radius 2 is 1.84 bits per heavy atom. The van der Waals surface area contributed by atoms with E-state index in [0.29, 0.717) is 10.6 Å². The number of rotatable bonds is 2. The SMILES string of the molecule is O=C(Sc1nc2ccccc2s1)c1ccc(Cl)cc1. The first kappa shape index (κ1) is 12.7. The van der Waals surface area contributed by atoms with Gasteiger partial charge in [0.1, 0.15) is 0 Å². The fraction of sp³-hybridized carbons (Fsp3) is 0. The number of hydrogen-bond donors (Lipinski definition) is 0. The molecular formula is C14H8ClNOS2. The van der Waals surface area contributed by atoms with E-state index in [1.807, 2.05) is 24.3 Å². The molecule has 94 valence electrons. The highest BCUT2D eigenvalue weighted by atomic mass is 35.5. The zero-order valence-corrected chi connectivity index (χ0v) is 12.1. The second-order valence-corrected chi connectivity index (χ2v) is 6.53. The molecule has 0 saturated carbocycles. The van der Waals surface area contributed by atoms with Crippen LogP contribution in [0.1, 0.15) is 10.4 Å². The van der Waals surface area contributed by atoms with Gasteiger partial charge in [-0.05, 0) is 48.2 Å². The summed E-state index contributed by atoms with van der Waals surface area (Å²) in [6, 6.07) is 14.7. The summed E-state index contributed by atoms with van der Waals surface area (Å²) in [5.74, 6) is 0. The third kappa shape index (κ3) is 2.81. The smallest absolute Gasteiger partial charge is 0.226 e. The van der Waals surface area contributed by atoms with Gasteiger partial charge < -0.3 is 0 Å². The van der Waals surface area contributed by atoms with Crippen molar-refractivity contribution in [1.82, 2.24) is 4.98 Å². The number of fused-ring (bicyclic) bond motifs is 1. The Morgan fingerprint density at radius 1 is 1.11 bits per heavy atom. The second-order valence-electron chi connectivity index (χ2n) is 3.84. The van der Waals surface area contributed by atoms with E-state index in [2.05, 4.69) is 4.98 Å². The topological polar surface area (TPSA) is 30.0 Å². The van der Waals surface area contributed by atoms with Crippen LogP contribution in [0.3, 0.4) is 0 Å². The van der Waals surface area contributed by atoms with E-state index in [4.69, 9.17) is 11.6 Å². The van der Waals surface area contributed by atoms with Crippen molar-refractivity contribution >= 4 is 50.0 Å². The molecule has 0 atom stereocenters. The fourth-order valence-electron chi connectivity index (χ4n) is 1.62. The largest absolute Gasteiger partial charge is 0.281 e. The van der Waals surface area contributed by atoms with Gasteiger partial charge in [0.15, 0.2) is 4.34 Å². The molecule has 0 radical (unpaired) electrons. The van der Waals surface area contributed by atoms with E-state index < -0.39 is 0 Å². The zero-order valence-electron chi connectivity index (χ0n) is 9.67. The lowest BCUT2D eigenvalue weighted by atomic mass is 10.2. The van der Waals surface area contributed by atoms with Gasteiger partial charge in [-0.1, -0.05) is 23.7 Å². The van der Waals surface area contributed by atoms with Crippen molar-refractivity contribution in [1.29, 1.82) is 0 Å². The van der Waals surface area contributed by atoms with Crippen molar-refractivity contribution in [3.05, 3.63) is 59.1 Å². The lowest BCUT2D eigenvalue weighted by Gasteiger charge is -1.97. The van der Waals surface area contributed by atoms with Gasteiger partial charge in [0.2, 0.25) is 5.12 Å². The molecule has 0 spiro atoms. The second kappa shape index (κ2) is 5.33. The first-order chi connectivity index (χ1) is 9.22. The molecule has 2 aromatic carbocycles. The Labute approximate surface area is 123 Å². The molecule has 0 fully saturated rings. The van der Waals surface area contributed by atoms with Crippen molar-refractivity contribution in [2.75, 3.05) is 0 Å². The van der Waals surface area contributed by atoms with E-state index >= 15 is 0 Å². The highest BCUT2D eigenvalue weighted by Gasteiger charge is 2.11. The molecule has 1 heterocycles. The van der Waals surface area contributed by atoms with E-state index in [-0.39, 0.29) is 5.12 Å². The van der Waals surface area contributed by atoms with Crippen LogP contribution in [0, 0.1) is 0 Å². The fourth-order valence-corrected chi connectivity index (χ4v) is 3.66. The zero-order chi connectivity index (χ0) is 13.2. The third-order valence-corrected chi connectivity index (χ3v) is 4.80. The van der Waals surface area contributed by atoms with Crippen molar-refractivity contribution in [2.45, 2.75) is 4.34 Å². The van der Waals surface area contributed by atoms with Gasteiger partial charge in [0, 0.05) is 10.6 Å². The van der Waals surface area contributed by atoms with Crippen LogP contribution in [0.25, 0.3) is 10.2 Å². The summed E-state index contributed by atoms with van der Waals surface area (Å²) in [7, 11) is 0. The summed E-state index contributed by atoms with van der Waals surface area (Å²) < 4.78 is 1.86. The molecule has 0 unspecified atom stereocenters. The molecule has 3 aromatic rings. The van der Waals surface area contributed by atoms with E-state index in [0.717, 1.165) is 26.3 Å². The molecule has 0 aliphatic carbocycles. The maximum atomic E-state index is 12.1. The number of thioether (sulfide) groups is 1. The normalized spacial score (nSPS) is 10.8. The van der Waals surface area contributed by atoms with Gasteiger partial charge in [-0.15, -0.1) is 11.3 Å². The minimum atomic E-state index is -0.0178. The molecule has 3 rings (SSSR count). The quantitative estimate of drug-likeness (QED) is 0.632. The molecule has 2 nitrogen and oxygen atoms in total. The van der Waals surface area contributed by atoms with Crippen LogP contribution in [0.2, 0.25) is 5.02 Å². The van der Waals surface area contributed by atoms with Crippen molar-refractivity contribution in [2.24, 2.45) is 0 Å². The van der Waals surface area contributed by atoms with Crippen LogP contribution in [-0.4, -0.2) is 10.1 Å². The minimum Gasteiger partial charge on any atom is -0.281 e. The molecule has 0 amide bonds. The average molecular weight is 306 g/mol. The van der Waals surface area contributed by atoms with Gasteiger partial charge in [-0.25, -0.2) is 4.98 Å². The molecule has 1 aromatic heterocycles. The maximum Gasteiger partial charge on any atom is 0.226 e. The van der Waals surface area contributed by atoms with Gasteiger partial charge in [-0.3, -0.25) is 4.79 Å². The van der Waals surface area contributed by atoms with Gasteiger partial charge in [-0.2, -0.15) is 0 Å². The van der Waals surface area contributed by atoms with Gasteiger partial charge in [0.25, 0.3) is 0 Å². The number of thiazole rings is 1. The Hall–Kier alpha value is -1.36. The molecule has 19 heavy (non-hydrogen) atoms. The number of halogens is 1. The molecule has 0 saturated heterocycles. The summed E-state index contributed by atoms with van der Waals surface area (Å²) in [6.45, 7) is 0. The van der Waals surface area contributed by atoms with E-state index in [9.17, 15) is 4.79 Å². The Balaban J connectivity index is 1.84. The van der Waals surface area contributed by atoms with Crippen molar-refractivity contribution in [3.8, 4) is 0 Å². The first-order valence-corrected chi connectivity index (χ1v) is 7.57. The minimum absolute atomic E-state index is 0.0178. The van der Waals surface area contributed by atoms with Crippen LogP contribution in [0.4, 0.5) is 0 Å². The lowest BCUT2D eigenvalue weighted by molar-refractivity contribution is 0.108. The number of benzene rings is 2. The Morgan fingerprint density at radius 3 is 2.58 bits per heavy atom. The molecule has 5 heteroatoms. The molecule has 0 bridgehead atoms. The van der Waals surface area contributed by atoms with Crippen LogP contribution >= 0.6 is 34.7 Å². The van der Waals surface area contributed by atoms with Crippen LogP contribution in [0.15, 0.2) is 52.9 Å². The van der Waals surface area contributed by atoms with E-state index in [1.165, 1.54) is 11.3 Å². The number of hydrogen-bond acceptors (Lipinski definition) is 4. The van der Waals surface area contributed by atoms with Crippen LogP contribution in [-0.2, 0) is 0 Å². The summed E-state index contributed by atoms with van der Waals surface area (Å²) >= 11 is 8.48. The Kier molecular flexibility index (Phi) is 3.55. The monoisotopic (exact) mass is 305 g/mol. The van der Waals surface area contributed by atoms with Crippen molar-refractivity contribution < 1.29 is 4.79 Å². The van der Waals surface area contributed by atoms with Crippen molar-refractivity contribution in [3.63, 3.8) is 0 Å². The molecular weight excluding hydrogens is 298 g/mol. The number of nitrogens with zero attached hydrogens (tertiary/aromatic N) is 1. The maximum absolute atomic E-state index is 12.1. The highest BCUT2D eigenvalue weighted by Crippen LogP contribution is 2.31. The van der Waals surface area contributed by atoms with Crippen LogP contribution in [0.5, 0.6) is 0 Å². The molecule has 0 aliphatic heterocycles. The first-order valence-electron chi connectivity index (χ1n) is 5.56. The summed E-state index contributed by atoms with van der Waals surface area (Å²) in [6.07, 6.45) is 0. The number of carbonyl (C=O) groups is 1. The predicted molar refractivity (Wildman–Crippen MR) is 81.3 cm³/mol.